The highest BCUT2D eigenvalue weighted by atomic mass is 19.4. The smallest absolute Gasteiger partial charge is 0.320 e. The van der Waals surface area contributed by atoms with E-state index in [1.165, 1.54) is 19.9 Å². The summed E-state index contributed by atoms with van der Waals surface area (Å²) < 4.78 is 227. The fourth-order valence-corrected chi connectivity index (χ4v) is 2.90. The van der Waals surface area contributed by atoms with E-state index in [2.05, 4.69) is 0 Å². The van der Waals surface area contributed by atoms with Crippen LogP contribution in [0.15, 0.2) is 18.2 Å². The zero-order chi connectivity index (χ0) is 30.6. The molecule has 38 heavy (non-hydrogen) atoms. The molecule has 0 saturated carbocycles. The lowest BCUT2D eigenvalue weighted by molar-refractivity contribution is -0.459. The third-order valence-corrected chi connectivity index (χ3v) is 5.24. The number of amides is 1. The first-order valence-electron chi connectivity index (χ1n) is 9.78. The second-order valence-electron chi connectivity index (χ2n) is 7.63. The maximum absolute atomic E-state index is 14.2. The Hall–Kier alpha value is -2.50. The van der Waals surface area contributed by atoms with Crippen molar-refractivity contribution in [2.45, 2.75) is 74.3 Å². The first kappa shape index (κ1) is 33.5. The predicted octanol–water partition coefficient (Wildman–Crippen LogP) is 7.76. The quantitative estimate of drug-likeness (QED) is 0.276. The average molecular weight is 595 g/mol. The van der Waals surface area contributed by atoms with Crippen molar-refractivity contribution in [2.75, 3.05) is 5.32 Å². The standard InChI is InChI=1S/C19H14F17NO/c1-3-8-6-5-7-9(4-2)10(8)37-11(38)12(20,21)13(22,23)14(24,25)15(26,27)16(28,29)17(30,31)18(32,33)19(34,35)36/h5-7H,3-4H2,1-2H3,(H,37,38). The first-order valence-corrected chi connectivity index (χ1v) is 9.78. The van der Waals surface area contributed by atoms with Gasteiger partial charge in [-0.3, -0.25) is 4.79 Å². The van der Waals surface area contributed by atoms with E-state index in [-0.39, 0.29) is 24.0 Å². The van der Waals surface area contributed by atoms with Gasteiger partial charge in [0.05, 0.1) is 0 Å². The van der Waals surface area contributed by atoms with Crippen molar-refractivity contribution in [1.82, 2.24) is 0 Å². The third-order valence-electron chi connectivity index (χ3n) is 5.24. The Balaban J connectivity index is 3.66. The number of rotatable bonds is 10. The summed E-state index contributed by atoms with van der Waals surface area (Å²) in [6.45, 7) is 2.62. The van der Waals surface area contributed by atoms with E-state index >= 15 is 0 Å². The third kappa shape index (κ3) is 4.52. The molecule has 1 amide bonds. The Labute approximate surface area is 201 Å². The van der Waals surface area contributed by atoms with Crippen LogP contribution < -0.4 is 5.32 Å². The summed E-state index contributed by atoms with van der Waals surface area (Å²) in [6.07, 6.45) is -8.12. The number of para-hydroxylation sites is 1. The van der Waals surface area contributed by atoms with E-state index in [0.29, 0.717) is 0 Å². The van der Waals surface area contributed by atoms with E-state index in [1.807, 2.05) is 0 Å². The largest absolute Gasteiger partial charge is 0.460 e. The Morgan fingerprint density at radius 3 is 1.21 bits per heavy atom. The number of carbonyl (C=O) groups is 1. The number of benzene rings is 1. The average Bonchev–Trinajstić information content (AvgIpc) is 2.77. The summed E-state index contributed by atoms with van der Waals surface area (Å²) in [5.41, 5.74) is -0.960. The van der Waals surface area contributed by atoms with E-state index < -0.39 is 59.2 Å². The lowest BCUT2D eigenvalue weighted by Gasteiger charge is -2.42. The Kier molecular flexibility index (Phi) is 8.47. The van der Waals surface area contributed by atoms with E-state index in [4.69, 9.17) is 0 Å². The van der Waals surface area contributed by atoms with Gasteiger partial charge in [-0.1, -0.05) is 32.0 Å². The molecule has 0 unspecified atom stereocenters. The molecule has 0 aliphatic carbocycles. The number of hydrogen-bond donors (Lipinski definition) is 1. The SMILES string of the molecule is CCc1cccc(CC)c1NC(=O)C(F)(F)C(F)(F)C(F)(F)C(F)(F)C(F)(F)C(F)(F)C(F)(F)C(F)(F)F. The number of hydrogen-bond acceptors (Lipinski definition) is 1. The molecule has 1 aromatic carbocycles. The summed E-state index contributed by atoms with van der Waals surface area (Å²) in [5.74, 6) is -61.6. The molecule has 220 valence electrons. The number of halogens is 17. The van der Waals surface area contributed by atoms with Crippen LogP contribution in [0.4, 0.5) is 80.3 Å². The minimum atomic E-state index is -8.75. The van der Waals surface area contributed by atoms with Crippen molar-refractivity contribution in [3.8, 4) is 0 Å². The van der Waals surface area contributed by atoms with Crippen molar-refractivity contribution in [1.29, 1.82) is 0 Å². The molecule has 0 radical (unpaired) electrons. The van der Waals surface area contributed by atoms with Gasteiger partial charge in [-0.05, 0) is 24.0 Å². The van der Waals surface area contributed by atoms with Crippen molar-refractivity contribution in [2.24, 2.45) is 0 Å². The van der Waals surface area contributed by atoms with Gasteiger partial charge in [-0.25, -0.2) is 0 Å². The highest BCUT2D eigenvalue weighted by Gasteiger charge is 2.95. The highest BCUT2D eigenvalue weighted by molar-refractivity contribution is 5.98. The molecular formula is C19H14F17NO. The summed E-state index contributed by atoms with van der Waals surface area (Å²) in [7, 11) is 0. The fraction of sp³-hybridized carbons (Fsp3) is 0.632. The molecule has 0 spiro atoms. The molecule has 1 N–H and O–H groups in total. The van der Waals surface area contributed by atoms with Gasteiger partial charge in [0, 0.05) is 5.69 Å². The van der Waals surface area contributed by atoms with Gasteiger partial charge in [-0.15, -0.1) is 0 Å². The molecule has 0 heterocycles. The van der Waals surface area contributed by atoms with Gasteiger partial charge in [0.1, 0.15) is 0 Å². The number of anilines is 1. The van der Waals surface area contributed by atoms with Gasteiger partial charge in [-0.2, -0.15) is 74.6 Å². The van der Waals surface area contributed by atoms with Crippen LogP contribution in [0, 0.1) is 0 Å². The van der Waals surface area contributed by atoms with Crippen LogP contribution in [0.1, 0.15) is 25.0 Å². The lowest BCUT2D eigenvalue weighted by atomic mass is 9.88. The Morgan fingerprint density at radius 2 is 0.895 bits per heavy atom. The molecule has 0 fully saturated rings. The molecule has 19 heteroatoms. The molecule has 0 saturated heterocycles. The van der Waals surface area contributed by atoms with Gasteiger partial charge in [0.2, 0.25) is 0 Å². The van der Waals surface area contributed by atoms with Crippen LogP contribution >= 0.6 is 0 Å². The van der Waals surface area contributed by atoms with Crippen molar-refractivity contribution in [3.63, 3.8) is 0 Å². The van der Waals surface area contributed by atoms with Gasteiger partial charge < -0.3 is 5.32 Å². The minimum Gasteiger partial charge on any atom is -0.320 e. The Morgan fingerprint density at radius 1 is 0.579 bits per heavy atom. The molecular weight excluding hydrogens is 581 g/mol. The molecule has 0 aromatic heterocycles. The summed E-state index contributed by atoms with van der Waals surface area (Å²) in [6, 6.07) is 3.45. The molecule has 0 aliphatic heterocycles. The topological polar surface area (TPSA) is 29.1 Å². The summed E-state index contributed by atoms with van der Waals surface area (Å²) >= 11 is 0. The highest BCUT2D eigenvalue weighted by Crippen LogP contribution is 2.64. The van der Waals surface area contributed by atoms with E-state index in [1.54, 1.807) is 0 Å². The van der Waals surface area contributed by atoms with E-state index in [0.717, 1.165) is 17.4 Å². The fourth-order valence-electron chi connectivity index (χ4n) is 2.90. The number of carbonyl (C=O) groups excluding carboxylic acids is 1. The van der Waals surface area contributed by atoms with Crippen LogP contribution in [-0.4, -0.2) is 53.5 Å². The van der Waals surface area contributed by atoms with Gasteiger partial charge in [0.25, 0.3) is 0 Å². The Bertz CT molecular complexity index is 1010. The molecule has 0 bridgehead atoms. The zero-order valence-corrected chi connectivity index (χ0v) is 18.5. The van der Waals surface area contributed by atoms with Crippen molar-refractivity contribution >= 4 is 11.6 Å². The number of aryl methyl sites for hydroxylation is 2. The van der Waals surface area contributed by atoms with Gasteiger partial charge >= 0.3 is 53.5 Å². The van der Waals surface area contributed by atoms with Crippen LogP contribution in [0.5, 0.6) is 0 Å². The number of nitrogens with one attached hydrogen (secondary N) is 1. The van der Waals surface area contributed by atoms with Crippen LogP contribution in [0.25, 0.3) is 0 Å². The van der Waals surface area contributed by atoms with Gasteiger partial charge in [0.15, 0.2) is 0 Å². The summed E-state index contributed by atoms with van der Waals surface area (Å²) in [5, 5.41) is 1.01. The van der Waals surface area contributed by atoms with Crippen molar-refractivity contribution < 1.29 is 79.4 Å². The maximum atomic E-state index is 14.2. The van der Waals surface area contributed by atoms with Crippen LogP contribution in [0.2, 0.25) is 0 Å². The predicted molar refractivity (Wildman–Crippen MR) is 94.5 cm³/mol. The van der Waals surface area contributed by atoms with Crippen molar-refractivity contribution in [3.05, 3.63) is 29.3 Å². The summed E-state index contributed by atoms with van der Waals surface area (Å²) in [4.78, 5) is 11.8. The van der Waals surface area contributed by atoms with Crippen LogP contribution in [-0.2, 0) is 17.6 Å². The molecule has 0 atom stereocenters. The molecule has 1 rings (SSSR count). The van der Waals surface area contributed by atoms with E-state index in [9.17, 15) is 79.4 Å². The first-order chi connectivity index (χ1) is 16.6. The zero-order valence-electron chi connectivity index (χ0n) is 18.5. The second kappa shape index (κ2) is 9.60. The monoisotopic (exact) mass is 595 g/mol. The second-order valence-corrected chi connectivity index (χ2v) is 7.63. The number of alkyl halides is 17. The molecule has 2 nitrogen and oxygen atoms in total. The van der Waals surface area contributed by atoms with Crippen LogP contribution in [0.3, 0.4) is 0 Å². The lowest BCUT2D eigenvalue weighted by Crippen LogP contribution is -2.75. The minimum absolute atomic E-state index is 0.116. The normalized spacial score (nSPS) is 15.0. The molecule has 0 aliphatic rings. The maximum Gasteiger partial charge on any atom is 0.460 e. The molecule has 1 aromatic rings.